The van der Waals surface area contributed by atoms with Gasteiger partial charge < -0.3 is 0 Å². The average Bonchev–Trinajstić information content (AvgIpc) is 3.30. The summed E-state index contributed by atoms with van der Waals surface area (Å²) in [5, 5.41) is 4.99. The van der Waals surface area contributed by atoms with Crippen LogP contribution in [0.2, 0.25) is 5.02 Å². The van der Waals surface area contributed by atoms with Gasteiger partial charge in [-0.1, -0.05) is 41.4 Å². The molecule has 2 aromatic rings. The number of imide groups is 1. The van der Waals surface area contributed by atoms with Crippen molar-refractivity contribution in [2.75, 3.05) is 18.0 Å². The van der Waals surface area contributed by atoms with Crippen molar-refractivity contribution < 1.29 is 9.59 Å². The molecular formula is C21H20ClN3O2. The van der Waals surface area contributed by atoms with Crippen LogP contribution in [0.1, 0.15) is 23.6 Å². The molecule has 0 spiro atoms. The predicted octanol–water partition coefficient (Wildman–Crippen LogP) is 3.18. The second-order valence-corrected chi connectivity index (χ2v) is 7.93. The third kappa shape index (κ3) is 2.46. The van der Waals surface area contributed by atoms with Gasteiger partial charge in [0.25, 0.3) is 5.91 Å². The van der Waals surface area contributed by atoms with E-state index < -0.39 is 6.04 Å². The maximum absolute atomic E-state index is 13.4. The zero-order valence-electron chi connectivity index (χ0n) is 15.0. The third-order valence-corrected chi connectivity index (χ3v) is 6.16. The molecule has 6 heteroatoms. The van der Waals surface area contributed by atoms with Gasteiger partial charge in [0.15, 0.2) is 0 Å². The summed E-state index contributed by atoms with van der Waals surface area (Å²) >= 11 is 6.06. The maximum atomic E-state index is 13.4. The van der Waals surface area contributed by atoms with Gasteiger partial charge in [-0.2, -0.15) is 0 Å². The summed E-state index contributed by atoms with van der Waals surface area (Å²) in [4.78, 5) is 28.0. The molecule has 0 aliphatic carbocycles. The summed E-state index contributed by atoms with van der Waals surface area (Å²) in [6.07, 6.45) is 0.999. The minimum Gasteiger partial charge on any atom is -0.274 e. The smallest absolute Gasteiger partial charge is 0.253 e. The van der Waals surface area contributed by atoms with Crippen LogP contribution in [0.4, 0.5) is 5.69 Å². The molecular weight excluding hydrogens is 362 g/mol. The Morgan fingerprint density at radius 2 is 1.48 bits per heavy atom. The number of halogens is 1. The Morgan fingerprint density at radius 1 is 0.852 bits per heavy atom. The van der Waals surface area contributed by atoms with Crippen molar-refractivity contribution in [3.63, 3.8) is 0 Å². The van der Waals surface area contributed by atoms with E-state index in [-0.39, 0.29) is 23.8 Å². The van der Waals surface area contributed by atoms with Gasteiger partial charge in [-0.3, -0.25) is 9.59 Å². The summed E-state index contributed by atoms with van der Waals surface area (Å²) in [7, 11) is 0. The van der Waals surface area contributed by atoms with Crippen molar-refractivity contribution >= 4 is 29.1 Å². The van der Waals surface area contributed by atoms with Crippen LogP contribution in [-0.2, 0) is 9.59 Å². The first-order chi connectivity index (χ1) is 13.1. The number of hydrogen-bond acceptors (Lipinski definition) is 4. The Kier molecular flexibility index (Phi) is 3.86. The van der Waals surface area contributed by atoms with Crippen molar-refractivity contribution in [1.82, 2.24) is 10.0 Å². The van der Waals surface area contributed by atoms with E-state index in [1.54, 1.807) is 0 Å². The summed E-state index contributed by atoms with van der Waals surface area (Å²) in [6, 6.07) is 14.7. The SMILES string of the molecule is Cc1ccc(N2C(=O)[C@@H]3[C@H](C2=O)N2CCCN2[C@H]3c2ccc(Cl)cc2)cc1. The molecule has 0 N–H and O–H groups in total. The fraction of sp³-hybridized carbons (Fsp3) is 0.333. The Hall–Kier alpha value is -2.21. The number of aryl methyl sites for hydroxylation is 1. The van der Waals surface area contributed by atoms with Crippen LogP contribution in [0, 0.1) is 12.8 Å². The van der Waals surface area contributed by atoms with Crippen molar-refractivity contribution in [3.05, 3.63) is 64.7 Å². The average molecular weight is 382 g/mol. The Morgan fingerprint density at radius 3 is 2.15 bits per heavy atom. The number of carbonyl (C=O) groups is 2. The number of benzene rings is 2. The molecule has 0 unspecified atom stereocenters. The Labute approximate surface area is 163 Å². The molecule has 0 radical (unpaired) electrons. The van der Waals surface area contributed by atoms with E-state index in [9.17, 15) is 9.59 Å². The van der Waals surface area contributed by atoms with E-state index in [1.165, 1.54) is 4.90 Å². The largest absolute Gasteiger partial charge is 0.274 e. The molecule has 3 fully saturated rings. The van der Waals surface area contributed by atoms with Gasteiger partial charge in [-0.05, 0) is 43.2 Å². The van der Waals surface area contributed by atoms with E-state index >= 15 is 0 Å². The first-order valence-electron chi connectivity index (χ1n) is 9.29. The molecule has 0 saturated carbocycles. The molecule has 0 aromatic heterocycles. The zero-order valence-corrected chi connectivity index (χ0v) is 15.8. The lowest BCUT2D eigenvalue weighted by Gasteiger charge is -2.29. The molecule has 2 amide bonds. The number of carbonyl (C=O) groups excluding carboxylic acids is 2. The molecule has 3 aliphatic heterocycles. The van der Waals surface area contributed by atoms with Crippen LogP contribution < -0.4 is 4.90 Å². The van der Waals surface area contributed by atoms with Crippen LogP contribution in [-0.4, -0.2) is 41.0 Å². The third-order valence-electron chi connectivity index (χ3n) is 5.91. The van der Waals surface area contributed by atoms with Crippen LogP contribution >= 0.6 is 11.6 Å². The lowest BCUT2D eigenvalue weighted by atomic mass is 9.90. The van der Waals surface area contributed by atoms with Crippen molar-refractivity contribution in [1.29, 1.82) is 0 Å². The molecule has 3 heterocycles. The van der Waals surface area contributed by atoms with Gasteiger partial charge in [0, 0.05) is 18.1 Å². The van der Waals surface area contributed by atoms with Gasteiger partial charge in [0.2, 0.25) is 5.91 Å². The predicted molar refractivity (Wildman–Crippen MR) is 103 cm³/mol. The minimum absolute atomic E-state index is 0.108. The molecule has 3 aliphatic rings. The monoisotopic (exact) mass is 381 g/mol. The standard InChI is InChI=1S/C21H20ClN3O2/c1-13-3-9-16(10-4-13)25-20(26)17-18(14-5-7-15(22)8-6-14)23-11-2-12-24(23)19(17)21(25)27/h3-10,17-19H,2,11-12H2,1H3/t17-,18-,19+/m0/s1. The number of amides is 2. The molecule has 5 nitrogen and oxygen atoms in total. The Bertz CT molecular complexity index is 912. The molecule has 3 atom stereocenters. The fourth-order valence-electron chi connectivity index (χ4n) is 4.72. The van der Waals surface area contributed by atoms with Gasteiger partial charge in [-0.25, -0.2) is 14.9 Å². The lowest BCUT2D eigenvalue weighted by Crippen LogP contribution is -2.44. The van der Waals surface area contributed by atoms with E-state index in [2.05, 4.69) is 10.0 Å². The summed E-state index contributed by atoms with van der Waals surface area (Å²) < 4.78 is 0. The second-order valence-electron chi connectivity index (χ2n) is 7.49. The number of rotatable bonds is 2. The number of hydrazine groups is 1. The molecule has 27 heavy (non-hydrogen) atoms. The van der Waals surface area contributed by atoms with Gasteiger partial charge in [0.05, 0.1) is 17.6 Å². The summed E-state index contributed by atoms with van der Waals surface area (Å²) in [5.74, 6) is -0.610. The molecule has 5 rings (SSSR count). The topological polar surface area (TPSA) is 43.9 Å². The van der Waals surface area contributed by atoms with Gasteiger partial charge >= 0.3 is 0 Å². The van der Waals surface area contributed by atoms with Crippen LogP contribution in [0.15, 0.2) is 48.5 Å². The van der Waals surface area contributed by atoms with Crippen molar-refractivity contribution in [2.24, 2.45) is 5.92 Å². The highest BCUT2D eigenvalue weighted by Gasteiger charge is 2.62. The van der Waals surface area contributed by atoms with Crippen molar-refractivity contribution in [3.8, 4) is 0 Å². The Balaban J connectivity index is 1.57. The fourth-order valence-corrected chi connectivity index (χ4v) is 4.85. The molecule has 2 aromatic carbocycles. The van der Waals surface area contributed by atoms with Gasteiger partial charge in [0.1, 0.15) is 6.04 Å². The quantitative estimate of drug-likeness (QED) is 0.749. The number of fused-ring (bicyclic) bond motifs is 3. The van der Waals surface area contributed by atoms with E-state index in [0.29, 0.717) is 10.7 Å². The van der Waals surface area contributed by atoms with Crippen LogP contribution in [0.25, 0.3) is 0 Å². The molecule has 0 bridgehead atoms. The summed E-state index contributed by atoms with van der Waals surface area (Å²) in [5.41, 5.74) is 2.79. The minimum atomic E-state index is -0.415. The lowest BCUT2D eigenvalue weighted by molar-refractivity contribution is -0.126. The van der Waals surface area contributed by atoms with E-state index in [1.807, 2.05) is 55.5 Å². The highest BCUT2D eigenvalue weighted by atomic mass is 35.5. The van der Waals surface area contributed by atoms with E-state index in [0.717, 1.165) is 30.6 Å². The van der Waals surface area contributed by atoms with Crippen molar-refractivity contribution in [2.45, 2.75) is 25.4 Å². The van der Waals surface area contributed by atoms with E-state index in [4.69, 9.17) is 11.6 Å². The maximum Gasteiger partial charge on any atom is 0.253 e. The number of nitrogens with zero attached hydrogens (tertiary/aromatic N) is 3. The second kappa shape index (κ2) is 6.16. The zero-order chi connectivity index (χ0) is 18.7. The highest BCUT2D eigenvalue weighted by molar-refractivity contribution is 6.30. The van der Waals surface area contributed by atoms with Crippen LogP contribution in [0.5, 0.6) is 0 Å². The number of hydrogen-bond donors (Lipinski definition) is 0. The first kappa shape index (κ1) is 16.9. The normalized spacial score (nSPS) is 28.1. The number of anilines is 1. The summed E-state index contributed by atoms with van der Waals surface area (Å²) in [6.45, 7) is 3.67. The molecule has 138 valence electrons. The van der Waals surface area contributed by atoms with Gasteiger partial charge in [-0.15, -0.1) is 0 Å². The van der Waals surface area contributed by atoms with Crippen LogP contribution in [0.3, 0.4) is 0 Å². The first-order valence-corrected chi connectivity index (χ1v) is 9.67. The highest BCUT2D eigenvalue weighted by Crippen LogP contribution is 2.48. The molecule has 3 saturated heterocycles.